The van der Waals surface area contributed by atoms with Gasteiger partial charge in [-0.3, -0.25) is 4.79 Å². The van der Waals surface area contributed by atoms with Crippen LogP contribution in [0.2, 0.25) is 0 Å². The summed E-state index contributed by atoms with van der Waals surface area (Å²) >= 11 is 0. The number of rotatable bonds is 14. The molecular weight excluding hydrogens is 352 g/mol. The molecule has 0 fully saturated rings. The Kier molecular flexibility index (Phi) is 43.7. The molecule has 29 heavy (non-hydrogen) atoms. The number of hydrogen-bond donors (Lipinski definition) is 0. The Morgan fingerprint density at radius 2 is 0.897 bits per heavy atom. The highest BCUT2D eigenvalue weighted by Gasteiger charge is 2.06. The van der Waals surface area contributed by atoms with Crippen molar-refractivity contribution in [2.75, 3.05) is 0 Å². The molecule has 0 saturated heterocycles. The van der Waals surface area contributed by atoms with Crippen molar-refractivity contribution in [3.05, 3.63) is 0 Å². The van der Waals surface area contributed by atoms with E-state index < -0.39 is 0 Å². The predicted molar refractivity (Wildman–Crippen MR) is 138 cm³/mol. The zero-order valence-corrected chi connectivity index (χ0v) is 22.7. The first-order valence-electron chi connectivity index (χ1n) is 13.4. The lowest BCUT2D eigenvalue weighted by Gasteiger charge is -2.09. The van der Waals surface area contributed by atoms with Gasteiger partial charge in [-0.1, -0.05) is 146 Å². The molecule has 0 spiro atoms. The van der Waals surface area contributed by atoms with E-state index in [1.807, 2.05) is 0 Å². The van der Waals surface area contributed by atoms with Gasteiger partial charge in [0.1, 0.15) is 5.78 Å². The Morgan fingerprint density at radius 1 is 0.517 bits per heavy atom. The van der Waals surface area contributed by atoms with Crippen LogP contribution >= 0.6 is 0 Å². The molecule has 0 aromatic rings. The lowest BCUT2D eigenvalue weighted by molar-refractivity contribution is -0.120. The van der Waals surface area contributed by atoms with Gasteiger partial charge in [-0.15, -0.1) is 0 Å². The van der Waals surface area contributed by atoms with Gasteiger partial charge in [-0.05, 0) is 25.7 Å². The van der Waals surface area contributed by atoms with E-state index >= 15 is 0 Å². The van der Waals surface area contributed by atoms with Crippen LogP contribution < -0.4 is 0 Å². The third kappa shape index (κ3) is 38.8. The molecule has 0 saturated carbocycles. The smallest absolute Gasteiger partial charge is 0.132 e. The van der Waals surface area contributed by atoms with Crippen LogP contribution in [0.25, 0.3) is 0 Å². The number of Topliss-reactive ketones (excluding diaryl/α,β-unsaturated/α-hetero) is 1. The monoisotopic (exact) mass is 414 g/mol. The molecule has 0 radical (unpaired) electrons. The summed E-state index contributed by atoms with van der Waals surface area (Å²) in [6, 6.07) is 0. The molecule has 1 heteroatoms. The molecule has 0 unspecified atom stereocenters. The Morgan fingerprint density at radius 3 is 1.07 bits per heavy atom. The Balaban J connectivity index is -0.000000147. The lowest BCUT2D eigenvalue weighted by atomic mass is 9.97. The van der Waals surface area contributed by atoms with Crippen molar-refractivity contribution in [1.29, 1.82) is 0 Å². The van der Waals surface area contributed by atoms with Crippen molar-refractivity contribution in [3.63, 3.8) is 0 Å². The van der Waals surface area contributed by atoms with Crippen molar-refractivity contribution >= 4 is 5.78 Å². The summed E-state index contributed by atoms with van der Waals surface area (Å²) in [5.74, 6) is 1.65. The summed E-state index contributed by atoms with van der Waals surface area (Å²) < 4.78 is 0. The number of unbranched alkanes of at least 4 members (excludes halogenated alkanes) is 7. The Labute approximate surface area is 188 Å². The molecule has 0 aliphatic rings. The van der Waals surface area contributed by atoms with E-state index in [0.29, 0.717) is 11.7 Å². The van der Waals surface area contributed by atoms with Gasteiger partial charge < -0.3 is 0 Å². The first-order valence-corrected chi connectivity index (χ1v) is 13.4. The van der Waals surface area contributed by atoms with Gasteiger partial charge in [-0.2, -0.15) is 0 Å². The number of ketones is 1. The molecule has 0 bridgehead atoms. The summed E-state index contributed by atoms with van der Waals surface area (Å²) in [7, 11) is 0. The summed E-state index contributed by atoms with van der Waals surface area (Å²) in [6.07, 6.45) is 20.0. The average molecular weight is 415 g/mol. The zero-order chi connectivity index (χ0) is 23.3. The molecule has 0 atom stereocenters. The van der Waals surface area contributed by atoms with Crippen molar-refractivity contribution in [3.8, 4) is 0 Å². The standard InChI is InChI=1S/C9H20.C7H14O.C7H16.C5H12/c1-4-7-8-9(5-2)6-3;1-4-7(5-2)6(3)8;1-3-5-7-6-4-2;1-3-5-4-2/h9H,4-8H2,1-3H3;7H,4-5H2,1-3H3;3-7H2,1-2H3;3-5H2,1-2H3. The van der Waals surface area contributed by atoms with Gasteiger partial charge in [0, 0.05) is 5.92 Å². The summed E-state index contributed by atoms with van der Waals surface area (Å²) in [4.78, 5) is 10.6. The lowest BCUT2D eigenvalue weighted by Crippen LogP contribution is -2.07. The van der Waals surface area contributed by atoms with E-state index in [4.69, 9.17) is 0 Å². The second-order valence-corrected chi connectivity index (χ2v) is 8.36. The molecule has 0 aliphatic carbocycles. The molecule has 0 heterocycles. The van der Waals surface area contributed by atoms with Crippen LogP contribution in [0.1, 0.15) is 166 Å². The van der Waals surface area contributed by atoms with Gasteiger partial charge in [-0.25, -0.2) is 0 Å². The van der Waals surface area contributed by atoms with Gasteiger partial charge in [0.05, 0.1) is 0 Å². The second-order valence-electron chi connectivity index (χ2n) is 8.36. The maximum absolute atomic E-state index is 10.6. The third-order valence-electron chi connectivity index (χ3n) is 5.60. The average Bonchev–Trinajstić information content (AvgIpc) is 2.72. The third-order valence-corrected chi connectivity index (χ3v) is 5.60. The Bertz CT molecular complexity index is 245. The first kappa shape index (κ1) is 36.1. The minimum Gasteiger partial charge on any atom is -0.300 e. The SMILES string of the molecule is CCC(CC)C(C)=O.CCCCC.CCCCC(CC)CC.CCCCCCC. The van der Waals surface area contributed by atoms with Crippen LogP contribution in [0.4, 0.5) is 0 Å². The topological polar surface area (TPSA) is 17.1 Å². The van der Waals surface area contributed by atoms with Gasteiger partial charge in [0.25, 0.3) is 0 Å². The fourth-order valence-electron chi connectivity index (χ4n) is 3.08. The first-order chi connectivity index (χ1) is 13.9. The summed E-state index contributed by atoms with van der Waals surface area (Å²) in [6.45, 7) is 21.5. The van der Waals surface area contributed by atoms with Crippen LogP contribution in [-0.4, -0.2) is 5.78 Å². The molecule has 0 rings (SSSR count). The molecule has 0 amide bonds. The van der Waals surface area contributed by atoms with Crippen LogP contribution in [0, 0.1) is 11.8 Å². The van der Waals surface area contributed by atoms with E-state index in [2.05, 4.69) is 62.3 Å². The molecule has 0 N–H and O–H groups in total. The Hall–Kier alpha value is -0.330. The molecule has 1 nitrogen and oxygen atoms in total. The van der Waals surface area contributed by atoms with Crippen LogP contribution in [0.15, 0.2) is 0 Å². The van der Waals surface area contributed by atoms with Crippen molar-refractivity contribution < 1.29 is 4.79 Å². The van der Waals surface area contributed by atoms with E-state index in [1.165, 1.54) is 83.5 Å². The molecular formula is C28H62O. The molecule has 180 valence electrons. The highest BCUT2D eigenvalue weighted by molar-refractivity contribution is 5.78. The fourth-order valence-corrected chi connectivity index (χ4v) is 3.08. The van der Waals surface area contributed by atoms with Crippen molar-refractivity contribution in [2.24, 2.45) is 11.8 Å². The number of carbonyl (C=O) groups is 1. The summed E-state index contributed by atoms with van der Waals surface area (Å²) in [5.41, 5.74) is 0. The highest BCUT2D eigenvalue weighted by Crippen LogP contribution is 2.15. The van der Waals surface area contributed by atoms with Crippen molar-refractivity contribution in [1.82, 2.24) is 0 Å². The fraction of sp³-hybridized carbons (Fsp3) is 0.964. The van der Waals surface area contributed by atoms with Crippen molar-refractivity contribution in [2.45, 2.75) is 166 Å². The minimum absolute atomic E-state index is 0.315. The number of hydrogen-bond acceptors (Lipinski definition) is 1. The van der Waals surface area contributed by atoms with E-state index in [1.54, 1.807) is 6.92 Å². The molecule has 0 aliphatic heterocycles. The van der Waals surface area contributed by atoms with Crippen LogP contribution in [0.5, 0.6) is 0 Å². The van der Waals surface area contributed by atoms with Crippen LogP contribution in [-0.2, 0) is 4.79 Å². The number of carbonyl (C=O) groups excluding carboxylic acids is 1. The maximum atomic E-state index is 10.6. The van der Waals surface area contributed by atoms with E-state index in [0.717, 1.165) is 18.8 Å². The largest absolute Gasteiger partial charge is 0.300 e. The maximum Gasteiger partial charge on any atom is 0.132 e. The predicted octanol–water partition coefficient (Wildman–Crippen LogP) is 10.8. The van der Waals surface area contributed by atoms with Gasteiger partial charge in [0.2, 0.25) is 0 Å². The molecule has 0 aromatic heterocycles. The quantitative estimate of drug-likeness (QED) is 0.258. The minimum atomic E-state index is 0.315. The van der Waals surface area contributed by atoms with Gasteiger partial charge in [0.15, 0.2) is 0 Å². The normalized spacial score (nSPS) is 9.79. The van der Waals surface area contributed by atoms with E-state index in [-0.39, 0.29) is 0 Å². The van der Waals surface area contributed by atoms with E-state index in [9.17, 15) is 4.79 Å². The second kappa shape index (κ2) is 35.1. The zero-order valence-electron chi connectivity index (χ0n) is 22.7. The highest BCUT2D eigenvalue weighted by atomic mass is 16.1. The van der Waals surface area contributed by atoms with Gasteiger partial charge >= 0.3 is 0 Å². The van der Waals surface area contributed by atoms with Crippen LogP contribution in [0.3, 0.4) is 0 Å². The summed E-state index contributed by atoms with van der Waals surface area (Å²) in [5, 5.41) is 0. The molecule has 0 aromatic carbocycles.